The van der Waals surface area contributed by atoms with Crippen LogP contribution < -0.4 is 5.73 Å². The lowest BCUT2D eigenvalue weighted by Crippen LogP contribution is -1.85. The van der Waals surface area contributed by atoms with Crippen LogP contribution in [-0.2, 0) is 12.3 Å². The number of hydrogen-bond donors (Lipinski definition) is 1. The highest BCUT2D eigenvalue weighted by atomic mass is 35.5. The third-order valence-corrected chi connectivity index (χ3v) is 3.87. The van der Waals surface area contributed by atoms with E-state index in [2.05, 4.69) is 19.1 Å². The van der Waals surface area contributed by atoms with E-state index in [1.54, 1.807) is 11.3 Å². The van der Waals surface area contributed by atoms with E-state index in [0.29, 0.717) is 5.88 Å². The second-order valence-electron chi connectivity index (χ2n) is 3.23. The van der Waals surface area contributed by atoms with Crippen molar-refractivity contribution in [3.63, 3.8) is 0 Å². The Bertz CT molecular complexity index is 462. The van der Waals surface area contributed by atoms with E-state index in [9.17, 15) is 0 Å². The number of alkyl halides is 1. The average molecular weight is 226 g/mol. The minimum Gasteiger partial charge on any atom is -0.390 e. The van der Waals surface area contributed by atoms with Gasteiger partial charge in [0.1, 0.15) is 0 Å². The third-order valence-electron chi connectivity index (χ3n) is 2.43. The molecule has 2 rings (SSSR count). The van der Waals surface area contributed by atoms with Gasteiger partial charge in [-0.25, -0.2) is 0 Å². The molecular weight excluding hydrogens is 214 g/mol. The number of nitrogen functional groups attached to an aromatic ring is 1. The molecule has 1 aromatic carbocycles. The van der Waals surface area contributed by atoms with Gasteiger partial charge in [-0.1, -0.05) is 25.1 Å². The summed E-state index contributed by atoms with van der Waals surface area (Å²) in [7, 11) is 0. The van der Waals surface area contributed by atoms with Gasteiger partial charge in [-0.15, -0.1) is 22.9 Å². The number of benzene rings is 1. The number of halogens is 1. The second-order valence-corrected chi connectivity index (χ2v) is 4.55. The van der Waals surface area contributed by atoms with Gasteiger partial charge in [0.05, 0.1) is 5.00 Å². The molecule has 0 unspecified atom stereocenters. The highest BCUT2D eigenvalue weighted by Gasteiger charge is 2.10. The third kappa shape index (κ3) is 1.39. The molecule has 0 amide bonds. The average Bonchev–Trinajstić information content (AvgIpc) is 2.52. The maximum atomic E-state index is 5.96. The van der Waals surface area contributed by atoms with E-state index < -0.39 is 0 Å². The summed E-state index contributed by atoms with van der Waals surface area (Å²) in [5.41, 5.74) is 8.41. The zero-order valence-corrected chi connectivity index (χ0v) is 9.58. The summed E-state index contributed by atoms with van der Waals surface area (Å²) in [4.78, 5) is 0. The van der Waals surface area contributed by atoms with Gasteiger partial charge >= 0.3 is 0 Å². The Morgan fingerprint density at radius 1 is 1.43 bits per heavy atom. The number of anilines is 1. The fraction of sp³-hybridized carbons (Fsp3) is 0.273. The lowest BCUT2D eigenvalue weighted by Gasteiger charge is -1.98. The van der Waals surface area contributed by atoms with Crippen molar-refractivity contribution in [2.24, 2.45) is 0 Å². The highest BCUT2D eigenvalue weighted by Crippen LogP contribution is 2.36. The molecule has 0 saturated carbocycles. The van der Waals surface area contributed by atoms with Crippen LogP contribution in [0.4, 0.5) is 5.00 Å². The molecule has 1 nitrogen and oxygen atoms in total. The van der Waals surface area contributed by atoms with Crippen LogP contribution in [0.3, 0.4) is 0 Å². The number of aryl methyl sites for hydroxylation is 1. The zero-order chi connectivity index (χ0) is 10.1. The number of nitrogens with two attached hydrogens (primary N) is 1. The SMILES string of the molecule is CCc1c(N)sc2c(CCl)cccc12. The molecule has 1 heterocycles. The molecule has 0 aliphatic heterocycles. The normalized spacial score (nSPS) is 11.0. The quantitative estimate of drug-likeness (QED) is 0.774. The molecule has 0 atom stereocenters. The van der Waals surface area contributed by atoms with Crippen molar-refractivity contribution in [2.75, 3.05) is 5.73 Å². The molecule has 0 radical (unpaired) electrons. The molecule has 0 fully saturated rings. The van der Waals surface area contributed by atoms with E-state index in [1.807, 2.05) is 6.07 Å². The van der Waals surface area contributed by atoms with Gasteiger partial charge in [0.25, 0.3) is 0 Å². The Morgan fingerprint density at radius 3 is 2.86 bits per heavy atom. The Labute approximate surface area is 92.5 Å². The molecule has 2 aromatic rings. The van der Waals surface area contributed by atoms with Gasteiger partial charge in [-0.05, 0) is 22.9 Å². The molecule has 3 heteroatoms. The first-order valence-corrected chi connectivity index (χ1v) is 5.97. The van der Waals surface area contributed by atoms with E-state index in [0.717, 1.165) is 11.4 Å². The summed E-state index contributed by atoms with van der Waals surface area (Å²) < 4.78 is 1.25. The minimum absolute atomic E-state index is 0.556. The fourth-order valence-corrected chi connectivity index (χ4v) is 3.19. The Balaban J connectivity index is 2.79. The van der Waals surface area contributed by atoms with Crippen molar-refractivity contribution in [1.82, 2.24) is 0 Å². The van der Waals surface area contributed by atoms with Crippen molar-refractivity contribution in [3.8, 4) is 0 Å². The number of hydrogen-bond acceptors (Lipinski definition) is 2. The first-order chi connectivity index (χ1) is 6.77. The lowest BCUT2D eigenvalue weighted by atomic mass is 10.1. The fourth-order valence-electron chi connectivity index (χ4n) is 1.72. The summed E-state index contributed by atoms with van der Waals surface area (Å²) in [6.45, 7) is 2.13. The molecule has 0 aliphatic rings. The molecule has 0 aliphatic carbocycles. The van der Waals surface area contributed by atoms with E-state index in [1.165, 1.54) is 21.2 Å². The van der Waals surface area contributed by atoms with Crippen LogP contribution in [-0.4, -0.2) is 0 Å². The van der Waals surface area contributed by atoms with Gasteiger partial charge < -0.3 is 5.73 Å². The van der Waals surface area contributed by atoms with Crippen molar-refractivity contribution < 1.29 is 0 Å². The standard InChI is InChI=1S/C11H12ClNS/c1-2-8-9-5-3-4-7(6-12)10(9)14-11(8)13/h3-5H,2,6,13H2,1H3. The summed E-state index contributed by atoms with van der Waals surface area (Å²) in [6.07, 6.45) is 0.984. The van der Waals surface area contributed by atoms with Crippen LogP contribution in [0.25, 0.3) is 10.1 Å². The molecule has 14 heavy (non-hydrogen) atoms. The van der Waals surface area contributed by atoms with Crippen molar-refractivity contribution >= 4 is 38.0 Å². The second kappa shape index (κ2) is 3.79. The molecule has 0 saturated heterocycles. The monoisotopic (exact) mass is 225 g/mol. The Morgan fingerprint density at radius 2 is 2.21 bits per heavy atom. The number of rotatable bonds is 2. The van der Waals surface area contributed by atoms with Crippen LogP contribution >= 0.6 is 22.9 Å². The van der Waals surface area contributed by atoms with Gasteiger partial charge in [0.2, 0.25) is 0 Å². The van der Waals surface area contributed by atoms with E-state index in [4.69, 9.17) is 17.3 Å². The van der Waals surface area contributed by atoms with Crippen molar-refractivity contribution in [1.29, 1.82) is 0 Å². The maximum Gasteiger partial charge on any atom is 0.0901 e. The van der Waals surface area contributed by atoms with Crippen LogP contribution in [0.5, 0.6) is 0 Å². The highest BCUT2D eigenvalue weighted by molar-refractivity contribution is 7.23. The first kappa shape index (κ1) is 9.81. The maximum absolute atomic E-state index is 5.96. The molecule has 0 spiro atoms. The largest absolute Gasteiger partial charge is 0.390 e. The topological polar surface area (TPSA) is 26.0 Å². The van der Waals surface area contributed by atoms with Gasteiger partial charge in [0.15, 0.2) is 0 Å². The van der Waals surface area contributed by atoms with Crippen LogP contribution in [0.2, 0.25) is 0 Å². The summed E-state index contributed by atoms with van der Waals surface area (Å²) in [6, 6.07) is 6.23. The minimum atomic E-state index is 0.556. The number of thiophene rings is 1. The van der Waals surface area contributed by atoms with Gasteiger partial charge in [-0.2, -0.15) is 0 Å². The van der Waals surface area contributed by atoms with Crippen molar-refractivity contribution in [3.05, 3.63) is 29.3 Å². The molecule has 74 valence electrons. The smallest absolute Gasteiger partial charge is 0.0901 e. The van der Waals surface area contributed by atoms with Gasteiger partial charge in [-0.3, -0.25) is 0 Å². The molecule has 0 bridgehead atoms. The molecular formula is C11H12ClNS. The Kier molecular flexibility index (Phi) is 2.66. The summed E-state index contributed by atoms with van der Waals surface area (Å²) in [5.74, 6) is 0.556. The van der Waals surface area contributed by atoms with Gasteiger partial charge in [0, 0.05) is 10.6 Å². The predicted octanol–water partition coefficient (Wildman–Crippen LogP) is 3.78. The first-order valence-electron chi connectivity index (χ1n) is 4.62. The van der Waals surface area contributed by atoms with E-state index in [-0.39, 0.29) is 0 Å². The number of fused-ring (bicyclic) bond motifs is 1. The van der Waals surface area contributed by atoms with E-state index >= 15 is 0 Å². The lowest BCUT2D eigenvalue weighted by molar-refractivity contribution is 1.17. The molecule has 2 N–H and O–H groups in total. The Hall–Kier alpha value is -0.730. The predicted molar refractivity (Wildman–Crippen MR) is 65.2 cm³/mol. The summed E-state index contributed by atoms with van der Waals surface area (Å²) >= 11 is 7.52. The zero-order valence-electron chi connectivity index (χ0n) is 8.01. The van der Waals surface area contributed by atoms with Crippen molar-refractivity contribution in [2.45, 2.75) is 19.2 Å². The van der Waals surface area contributed by atoms with Crippen LogP contribution in [0.15, 0.2) is 18.2 Å². The van der Waals surface area contributed by atoms with Crippen LogP contribution in [0, 0.1) is 0 Å². The molecule has 1 aromatic heterocycles. The summed E-state index contributed by atoms with van der Waals surface area (Å²) in [5, 5.41) is 2.20. The van der Waals surface area contributed by atoms with Crippen LogP contribution in [0.1, 0.15) is 18.1 Å².